The second kappa shape index (κ2) is 11.1. The zero-order chi connectivity index (χ0) is 24.9. The van der Waals surface area contributed by atoms with E-state index in [-0.39, 0.29) is 6.61 Å². The van der Waals surface area contributed by atoms with E-state index in [4.69, 9.17) is 32.1 Å². The van der Waals surface area contributed by atoms with Crippen molar-refractivity contribution in [3.63, 3.8) is 0 Å². The largest absolute Gasteiger partial charge is 0.497 e. The van der Waals surface area contributed by atoms with Gasteiger partial charge in [-0.15, -0.1) is 0 Å². The van der Waals surface area contributed by atoms with Gasteiger partial charge in [0.1, 0.15) is 25.1 Å². The van der Waals surface area contributed by atoms with E-state index in [0.717, 1.165) is 19.4 Å². The Kier molecular flexibility index (Phi) is 9.21. The van der Waals surface area contributed by atoms with Gasteiger partial charge >= 0.3 is 5.97 Å². The molecule has 3 atom stereocenters. The molecule has 1 aromatic carbocycles. The van der Waals surface area contributed by atoms with Gasteiger partial charge in [-0.25, -0.2) is 0 Å². The van der Waals surface area contributed by atoms with Crippen LogP contribution in [0.25, 0.3) is 0 Å². The van der Waals surface area contributed by atoms with Crippen LogP contribution in [0.3, 0.4) is 0 Å². The van der Waals surface area contributed by atoms with Crippen LogP contribution in [0.4, 0.5) is 0 Å². The van der Waals surface area contributed by atoms with Gasteiger partial charge in [0.25, 0.3) is 20.2 Å². The number of carbonyl (C=O) groups excluding carboxylic acids is 1. The lowest BCUT2D eigenvalue weighted by molar-refractivity contribution is -0.200. The molecule has 0 bridgehead atoms. The van der Waals surface area contributed by atoms with Crippen molar-refractivity contribution in [2.24, 2.45) is 0 Å². The molecule has 1 fully saturated rings. The minimum Gasteiger partial charge on any atom is -0.497 e. The second-order valence-electron chi connectivity index (χ2n) is 7.37. The van der Waals surface area contributed by atoms with E-state index in [1.165, 1.54) is 14.2 Å². The fourth-order valence-corrected chi connectivity index (χ4v) is 3.97. The van der Waals surface area contributed by atoms with Crippen LogP contribution in [0.5, 0.6) is 5.75 Å². The lowest BCUT2D eigenvalue weighted by Gasteiger charge is -2.33. The molecule has 0 saturated carbocycles. The molecular formula is C19H28O12S2. The van der Waals surface area contributed by atoms with E-state index in [2.05, 4.69) is 0 Å². The number of benzene rings is 1. The van der Waals surface area contributed by atoms with E-state index in [1.54, 1.807) is 24.3 Å². The molecule has 1 saturated heterocycles. The van der Waals surface area contributed by atoms with Gasteiger partial charge in [-0.2, -0.15) is 16.8 Å². The van der Waals surface area contributed by atoms with Gasteiger partial charge in [0.15, 0.2) is 18.0 Å². The van der Waals surface area contributed by atoms with Crippen molar-refractivity contribution in [1.29, 1.82) is 0 Å². The lowest BCUT2D eigenvalue weighted by atomic mass is 9.96. The quantitative estimate of drug-likeness (QED) is 0.278. The van der Waals surface area contributed by atoms with Crippen molar-refractivity contribution in [2.45, 2.75) is 37.6 Å². The first-order chi connectivity index (χ1) is 15.3. The summed E-state index contributed by atoms with van der Waals surface area (Å²) >= 11 is 0. The zero-order valence-electron chi connectivity index (χ0n) is 18.9. The Morgan fingerprint density at radius 2 is 1.55 bits per heavy atom. The summed E-state index contributed by atoms with van der Waals surface area (Å²) in [5.41, 5.74) is -1.13. The van der Waals surface area contributed by atoms with E-state index in [0.29, 0.717) is 11.3 Å². The van der Waals surface area contributed by atoms with Gasteiger partial charge < -0.3 is 23.7 Å². The average Bonchev–Trinajstić information content (AvgIpc) is 3.01. The molecule has 0 amide bonds. The molecular weight excluding hydrogens is 484 g/mol. The number of esters is 1. The van der Waals surface area contributed by atoms with Crippen molar-refractivity contribution in [1.82, 2.24) is 0 Å². The van der Waals surface area contributed by atoms with Crippen molar-refractivity contribution in [3.8, 4) is 5.75 Å². The normalized spacial score (nSPS) is 22.8. The topological polar surface area (TPSA) is 150 Å². The Bertz CT molecular complexity index is 968. The van der Waals surface area contributed by atoms with Crippen LogP contribution in [-0.2, 0) is 59.0 Å². The monoisotopic (exact) mass is 512 g/mol. The molecule has 1 aromatic rings. The molecule has 14 heteroatoms. The molecule has 0 aromatic heterocycles. The SMILES string of the molecule is COc1ccc(CO[C@@H]2[C@H](OC(C)=O)[C@H](OC)OC2(COS(C)(=O)=O)COS(C)(=O)=O)cc1. The molecule has 12 nitrogen and oxygen atoms in total. The highest BCUT2D eigenvalue weighted by Gasteiger charge is 2.59. The average molecular weight is 513 g/mol. The Labute approximate surface area is 193 Å². The van der Waals surface area contributed by atoms with Crippen molar-refractivity contribution < 1.29 is 53.7 Å². The molecule has 33 heavy (non-hydrogen) atoms. The fourth-order valence-electron chi connectivity index (χ4n) is 3.14. The fraction of sp³-hybridized carbons (Fsp3) is 0.632. The first-order valence-electron chi connectivity index (χ1n) is 9.60. The first-order valence-corrected chi connectivity index (χ1v) is 13.2. The van der Waals surface area contributed by atoms with Crippen LogP contribution >= 0.6 is 0 Å². The Balaban J connectivity index is 2.42. The molecule has 1 heterocycles. The Hall–Kier alpha value is -1.81. The highest BCUT2D eigenvalue weighted by molar-refractivity contribution is 7.86. The first kappa shape index (κ1) is 27.4. The predicted molar refractivity (Wildman–Crippen MR) is 113 cm³/mol. The van der Waals surface area contributed by atoms with E-state index >= 15 is 0 Å². The minimum atomic E-state index is -3.97. The maximum absolute atomic E-state index is 11.7. The van der Waals surface area contributed by atoms with Crippen molar-refractivity contribution in [2.75, 3.05) is 39.9 Å². The molecule has 0 unspecified atom stereocenters. The van der Waals surface area contributed by atoms with Gasteiger partial charge in [-0.05, 0) is 17.7 Å². The predicted octanol–water partition coefficient (Wildman–Crippen LogP) is 0.206. The second-order valence-corrected chi connectivity index (χ2v) is 10.7. The minimum absolute atomic E-state index is 0.0360. The van der Waals surface area contributed by atoms with E-state index in [1.807, 2.05) is 0 Å². The van der Waals surface area contributed by atoms with Gasteiger partial charge in [0.2, 0.25) is 0 Å². The third kappa shape index (κ3) is 8.17. The third-order valence-electron chi connectivity index (χ3n) is 4.59. The number of ether oxygens (including phenoxy) is 5. The Morgan fingerprint density at radius 1 is 1.00 bits per heavy atom. The number of hydrogen-bond acceptors (Lipinski definition) is 12. The summed E-state index contributed by atoms with van der Waals surface area (Å²) in [5, 5.41) is 0. The molecule has 0 spiro atoms. The van der Waals surface area contributed by atoms with Gasteiger partial charge in [-0.3, -0.25) is 13.2 Å². The van der Waals surface area contributed by atoms with Gasteiger partial charge in [-0.1, -0.05) is 12.1 Å². The van der Waals surface area contributed by atoms with Crippen LogP contribution in [0.15, 0.2) is 24.3 Å². The summed E-state index contributed by atoms with van der Waals surface area (Å²) in [6.07, 6.45) is -2.00. The van der Waals surface area contributed by atoms with E-state index < -0.39 is 63.5 Å². The maximum atomic E-state index is 11.7. The highest BCUT2D eigenvalue weighted by atomic mass is 32.2. The summed E-state index contributed by atoms with van der Waals surface area (Å²) in [6.45, 7) is -0.252. The standard InChI is InChI=1S/C19H28O12S2/c1-13(20)30-16-17(27-10-14-6-8-15(25-2)9-7-14)19(31-18(16)26-3,11-28-32(4,21)22)12-29-33(5,23)24/h6-9,16-18H,10-12H2,1-5H3/t16-,17+,18+/m0/s1. The lowest BCUT2D eigenvalue weighted by Crippen LogP contribution is -2.53. The van der Waals surface area contributed by atoms with Crippen LogP contribution in [0.1, 0.15) is 12.5 Å². The molecule has 1 aliphatic heterocycles. The molecule has 188 valence electrons. The number of hydrogen-bond donors (Lipinski definition) is 0. The molecule has 0 N–H and O–H groups in total. The van der Waals surface area contributed by atoms with Gasteiger partial charge in [0.05, 0.1) is 26.2 Å². The van der Waals surface area contributed by atoms with Crippen LogP contribution in [0.2, 0.25) is 0 Å². The molecule has 0 aliphatic carbocycles. The number of methoxy groups -OCH3 is 2. The summed E-state index contributed by atoms with van der Waals surface area (Å²) in [7, 11) is -5.15. The summed E-state index contributed by atoms with van der Waals surface area (Å²) in [6, 6.07) is 6.87. The molecule has 0 radical (unpaired) electrons. The van der Waals surface area contributed by atoms with Crippen LogP contribution < -0.4 is 4.74 Å². The van der Waals surface area contributed by atoms with E-state index in [9.17, 15) is 21.6 Å². The summed E-state index contributed by atoms with van der Waals surface area (Å²) < 4.78 is 84.1. The zero-order valence-corrected chi connectivity index (χ0v) is 20.5. The molecule has 2 rings (SSSR count). The highest BCUT2D eigenvalue weighted by Crippen LogP contribution is 2.38. The van der Waals surface area contributed by atoms with Crippen molar-refractivity contribution >= 4 is 26.2 Å². The Morgan fingerprint density at radius 3 is 1.97 bits per heavy atom. The summed E-state index contributed by atoms with van der Waals surface area (Å²) in [5.74, 6) is -0.0646. The van der Waals surface area contributed by atoms with Crippen LogP contribution in [-0.4, -0.2) is 86.8 Å². The summed E-state index contributed by atoms with van der Waals surface area (Å²) in [4.78, 5) is 11.7. The maximum Gasteiger partial charge on any atom is 0.303 e. The molecule has 1 aliphatic rings. The third-order valence-corrected chi connectivity index (χ3v) is 5.69. The van der Waals surface area contributed by atoms with Crippen LogP contribution in [0, 0.1) is 0 Å². The smallest absolute Gasteiger partial charge is 0.303 e. The number of rotatable bonds is 12. The van der Waals surface area contributed by atoms with Gasteiger partial charge in [0, 0.05) is 14.0 Å². The van der Waals surface area contributed by atoms with Crippen molar-refractivity contribution in [3.05, 3.63) is 29.8 Å². The number of carbonyl (C=O) groups is 1.